The molecule has 0 N–H and O–H groups in total. The number of ketones is 1. The second-order valence-electron chi connectivity index (χ2n) is 6.29. The minimum absolute atomic E-state index is 0.0570. The number of carbonyl (C=O) groups is 2. The van der Waals surface area contributed by atoms with Crippen LogP contribution in [0.5, 0.6) is 0 Å². The van der Waals surface area contributed by atoms with Gasteiger partial charge in [-0.2, -0.15) is 0 Å². The number of hydrogen-bond acceptors (Lipinski definition) is 2. The van der Waals surface area contributed by atoms with E-state index < -0.39 is 11.7 Å². The Morgan fingerprint density at radius 2 is 1.57 bits per heavy atom. The molecule has 21 heavy (non-hydrogen) atoms. The van der Waals surface area contributed by atoms with Crippen LogP contribution in [0, 0.1) is 0 Å². The van der Waals surface area contributed by atoms with Crippen LogP contribution in [0.2, 0.25) is 0 Å². The molecule has 1 heterocycles. The number of para-hydroxylation sites is 1. The Morgan fingerprint density at radius 3 is 2.19 bits per heavy atom. The Kier molecular flexibility index (Phi) is 2.94. The van der Waals surface area contributed by atoms with Gasteiger partial charge in [0.25, 0.3) is 5.78 Å². The highest BCUT2D eigenvalue weighted by atomic mass is 16.2. The van der Waals surface area contributed by atoms with E-state index in [1.54, 1.807) is 0 Å². The first-order valence-electron chi connectivity index (χ1n) is 6.98. The zero-order chi connectivity index (χ0) is 15.2. The number of hydrogen-bond donors (Lipinski definition) is 0. The van der Waals surface area contributed by atoms with Crippen LogP contribution in [0.3, 0.4) is 0 Å². The van der Waals surface area contributed by atoms with Crippen molar-refractivity contribution in [2.75, 3.05) is 4.90 Å². The summed E-state index contributed by atoms with van der Waals surface area (Å²) in [6.45, 7) is 6.26. The minimum Gasteiger partial charge on any atom is -0.283 e. The zero-order valence-electron chi connectivity index (χ0n) is 12.4. The average Bonchev–Trinajstić information content (AvgIpc) is 2.71. The smallest absolute Gasteiger partial charge is 0.283 e. The molecule has 0 atom stereocenters. The van der Waals surface area contributed by atoms with Crippen LogP contribution in [-0.4, -0.2) is 11.7 Å². The van der Waals surface area contributed by atoms with Crippen molar-refractivity contribution in [3.05, 3.63) is 59.7 Å². The fraction of sp³-hybridized carbons (Fsp3) is 0.222. The maximum Gasteiger partial charge on any atom is 0.304 e. The highest BCUT2D eigenvalue weighted by Crippen LogP contribution is 2.37. The quantitative estimate of drug-likeness (QED) is 0.744. The number of fused-ring (bicyclic) bond motifs is 1. The third-order valence-electron chi connectivity index (χ3n) is 3.76. The van der Waals surface area contributed by atoms with Gasteiger partial charge in [0.1, 0.15) is 0 Å². The van der Waals surface area contributed by atoms with Gasteiger partial charge in [0.05, 0.1) is 11.3 Å². The van der Waals surface area contributed by atoms with Crippen molar-refractivity contribution in [2.24, 2.45) is 0 Å². The van der Waals surface area contributed by atoms with E-state index in [0.29, 0.717) is 11.3 Å². The van der Waals surface area contributed by atoms with Gasteiger partial charge in [-0.25, -0.2) is 0 Å². The van der Waals surface area contributed by atoms with Crippen molar-refractivity contribution >= 4 is 23.1 Å². The van der Waals surface area contributed by atoms with E-state index in [2.05, 4.69) is 20.8 Å². The first kappa shape index (κ1) is 13.6. The fourth-order valence-electron chi connectivity index (χ4n) is 2.54. The molecule has 3 heteroatoms. The maximum atomic E-state index is 12.3. The third-order valence-corrected chi connectivity index (χ3v) is 3.76. The third kappa shape index (κ3) is 2.15. The van der Waals surface area contributed by atoms with E-state index in [-0.39, 0.29) is 5.41 Å². The van der Waals surface area contributed by atoms with Gasteiger partial charge in [0, 0.05) is 5.69 Å². The van der Waals surface area contributed by atoms with Gasteiger partial charge in [0.15, 0.2) is 0 Å². The van der Waals surface area contributed by atoms with Crippen LogP contribution in [0.25, 0.3) is 0 Å². The monoisotopic (exact) mass is 279 g/mol. The van der Waals surface area contributed by atoms with Gasteiger partial charge < -0.3 is 0 Å². The first-order valence-corrected chi connectivity index (χ1v) is 6.98. The van der Waals surface area contributed by atoms with Gasteiger partial charge >= 0.3 is 5.91 Å². The molecule has 0 saturated carbocycles. The van der Waals surface area contributed by atoms with E-state index in [4.69, 9.17) is 0 Å². The highest BCUT2D eigenvalue weighted by Gasteiger charge is 2.37. The topological polar surface area (TPSA) is 37.4 Å². The predicted octanol–water partition coefficient (Wildman–Crippen LogP) is 3.85. The molecule has 0 aliphatic carbocycles. The number of Topliss-reactive ketones (excluding diaryl/α,β-unsaturated/α-hetero) is 1. The summed E-state index contributed by atoms with van der Waals surface area (Å²) in [6.07, 6.45) is 0. The average molecular weight is 279 g/mol. The Hall–Kier alpha value is -2.42. The number of nitrogens with zero attached hydrogens (tertiary/aromatic N) is 1. The molecule has 0 unspecified atom stereocenters. The summed E-state index contributed by atoms with van der Waals surface area (Å²) in [5, 5.41) is 0. The summed E-state index contributed by atoms with van der Waals surface area (Å²) < 4.78 is 0. The molecule has 2 aromatic rings. The first-order chi connectivity index (χ1) is 9.89. The van der Waals surface area contributed by atoms with Crippen molar-refractivity contribution in [3.8, 4) is 0 Å². The largest absolute Gasteiger partial charge is 0.304 e. The van der Waals surface area contributed by atoms with Crippen molar-refractivity contribution in [2.45, 2.75) is 26.2 Å². The molecule has 0 radical (unpaired) electrons. The van der Waals surface area contributed by atoms with Crippen LogP contribution in [0.1, 0.15) is 36.7 Å². The normalized spacial score (nSPS) is 14.5. The lowest BCUT2D eigenvalue weighted by molar-refractivity contribution is -0.113. The number of anilines is 2. The van der Waals surface area contributed by atoms with Gasteiger partial charge in [-0.3, -0.25) is 14.5 Å². The molecular weight excluding hydrogens is 262 g/mol. The summed E-state index contributed by atoms with van der Waals surface area (Å²) in [4.78, 5) is 26.1. The summed E-state index contributed by atoms with van der Waals surface area (Å²) in [5.74, 6) is -0.915. The number of rotatable bonds is 1. The van der Waals surface area contributed by atoms with Gasteiger partial charge in [0.2, 0.25) is 0 Å². The highest BCUT2D eigenvalue weighted by molar-refractivity contribution is 6.53. The predicted molar refractivity (Wildman–Crippen MR) is 83.1 cm³/mol. The second-order valence-corrected chi connectivity index (χ2v) is 6.29. The van der Waals surface area contributed by atoms with Crippen LogP contribution in [0.4, 0.5) is 11.4 Å². The summed E-state index contributed by atoms with van der Waals surface area (Å²) in [6, 6.07) is 15.0. The van der Waals surface area contributed by atoms with Crippen molar-refractivity contribution in [1.82, 2.24) is 0 Å². The molecule has 1 aliphatic heterocycles. The van der Waals surface area contributed by atoms with Gasteiger partial charge in [-0.05, 0) is 35.2 Å². The van der Waals surface area contributed by atoms with Crippen LogP contribution >= 0.6 is 0 Å². The number of carbonyl (C=O) groups excluding carboxylic acids is 2. The summed E-state index contributed by atoms with van der Waals surface area (Å²) in [5.41, 5.74) is 2.88. The minimum atomic E-state index is -0.484. The lowest BCUT2D eigenvalue weighted by Crippen LogP contribution is -2.24. The van der Waals surface area contributed by atoms with Gasteiger partial charge in [-0.15, -0.1) is 0 Å². The molecule has 0 spiro atoms. The second kappa shape index (κ2) is 4.55. The van der Waals surface area contributed by atoms with E-state index in [1.165, 1.54) is 4.90 Å². The van der Waals surface area contributed by atoms with E-state index in [0.717, 1.165) is 11.3 Å². The summed E-state index contributed by atoms with van der Waals surface area (Å²) >= 11 is 0. The van der Waals surface area contributed by atoms with Crippen LogP contribution in [0.15, 0.2) is 48.5 Å². The molecule has 3 nitrogen and oxygen atoms in total. The number of amides is 1. The lowest BCUT2D eigenvalue weighted by Gasteiger charge is -2.21. The molecule has 3 rings (SSSR count). The van der Waals surface area contributed by atoms with E-state index in [1.807, 2.05) is 48.5 Å². The van der Waals surface area contributed by atoms with Crippen molar-refractivity contribution in [3.63, 3.8) is 0 Å². The molecule has 0 saturated heterocycles. The molecule has 0 aromatic heterocycles. The van der Waals surface area contributed by atoms with Gasteiger partial charge in [-0.1, -0.05) is 45.0 Å². The molecule has 0 fully saturated rings. The van der Waals surface area contributed by atoms with E-state index in [9.17, 15) is 9.59 Å². The molecular formula is C18H17NO2. The molecule has 1 amide bonds. The standard InChI is InChI=1S/C18H17NO2/c1-18(2,3)12-9-10-15-14(11-12)16(20)17(21)19(15)13-7-5-4-6-8-13/h4-11H,1-3H3. The molecule has 0 bridgehead atoms. The van der Waals surface area contributed by atoms with Crippen LogP contribution in [-0.2, 0) is 10.2 Å². The Balaban J connectivity index is 2.15. The SMILES string of the molecule is CC(C)(C)c1ccc2c(c1)C(=O)C(=O)N2c1ccccc1. The summed E-state index contributed by atoms with van der Waals surface area (Å²) in [7, 11) is 0. The van der Waals surface area contributed by atoms with Crippen molar-refractivity contribution < 1.29 is 9.59 Å². The Bertz CT molecular complexity index is 727. The maximum absolute atomic E-state index is 12.3. The molecule has 2 aromatic carbocycles. The van der Waals surface area contributed by atoms with E-state index >= 15 is 0 Å². The Labute approximate surface area is 124 Å². The fourth-order valence-corrected chi connectivity index (χ4v) is 2.54. The molecule has 106 valence electrons. The Morgan fingerprint density at radius 1 is 0.905 bits per heavy atom. The lowest BCUT2D eigenvalue weighted by atomic mass is 9.86. The molecule has 1 aliphatic rings. The van der Waals surface area contributed by atoms with Crippen molar-refractivity contribution in [1.29, 1.82) is 0 Å². The number of benzene rings is 2. The van der Waals surface area contributed by atoms with Crippen LogP contribution < -0.4 is 4.90 Å². The zero-order valence-corrected chi connectivity index (χ0v) is 12.4.